The Morgan fingerprint density at radius 1 is 1.47 bits per heavy atom. The smallest absolute Gasteiger partial charge is 0.432 e. The number of H-pyrrole nitrogens is 1. The van der Waals surface area contributed by atoms with Gasteiger partial charge in [0.05, 0.1) is 0 Å². The van der Waals surface area contributed by atoms with Gasteiger partial charge in [0, 0.05) is 4.47 Å². The van der Waals surface area contributed by atoms with Gasteiger partial charge in [-0.2, -0.15) is 13.2 Å². The number of hydrogen-bond acceptors (Lipinski definition) is 2. The molecule has 0 unspecified atom stereocenters. The van der Waals surface area contributed by atoms with Gasteiger partial charge in [-0.05, 0) is 22.0 Å². The lowest BCUT2D eigenvalue weighted by molar-refractivity contribution is -0.142. The highest BCUT2D eigenvalue weighted by Crippen LogP contribution is 2.32. The number of aromatic amines is 1. The van der Waals surface area contributed by atoms with E-state index in [0.717, 1.165) is 0 Å². The van der Waals surface area contributed by atoms with E-state index in [0.29, 0.717) is 6.07 Å². The summed E-state index contributed by atoms with van der Waals surface area (Å²) in [6.45, 7) is 0. The molecule has 1 aromatic rings. The van der Waals surface area contributed by atoms with Crippen molar-refractivity contribution in [3.63, 3.8) is 0 Å². The molecule has 0 aliphatic rings. The lowest BCUT2D eigenvalue weighted by Crippen LogP contribution is -2.22. The molecule has 0 saturated heterocycles. The fourth-order valence-electron chi connectivity index (χ4n) is 0.870. The molecule has 15 heavy (non-hydrogen) atoms. The van der Waals surface area contributed by atoms with Crippen LogP contribution in [0.3, 0.4) is 0 Å². The topological polar surface area (TPSA) is 70.2 Å². The van der Waals surface area contributed by atoms with Crippen LogP contribution < -0.4 is 5.56 Å². The minimum Gasteiger partial charge on any atom is -0.477 e. The zero-order valence-corrected chi connectivity index (χ0v) is 8.44. The first-order valence-electron chi connectivity index (χ1n) is 3.47. The molecule has 1 aromatic heterocycles. The van der Waals surface area contributed by atoms with Gasteiger partial charge in [0.1, 0.15) is 11.3 Å². The van der Waals surface area contributed by atoms with Gasteiger partial charge in [-0.25, -0.2) is 4.79 Å². The Morgan fingerprint density at radius 2 is 2.00 bits per heavy atom. The molecule has 0 bridgehead atoms. The summed E-state index contributed by atoms with van der Waals surface area (Å²) in [7, 11) is 0. The third-order valence-electron chi connectivity index (χ3n) is 1.51. The van der Waals surface area contributed by atoms with Crippen LogP contribution in [0.25, 0.3) is 0 Å². The van der Waals surface area contributed by atoms with E-state index in [-0.39, 0.29) is 0 Å². The first kappa shape index (κ1) is 11.8. The van der Waals surface area contributed by atoms with E-state index < -0.39 is 33.4 Å². The summed E-state index contributed by atoms with van der Waals surface area (Å²) in [5.74, 6) is -1.59. The summed E-state index contributed by atoms with van der Waals surface area (Å²) in [6, 6.07) is 0.615. The Kier molecular flexibility index (Phi) is 2.89. The number of alkyl halides is 3. The van der Waals surface area contributed by atoms with Crippen molar-refractivity contribution in [3.05, 3.63) is 32.2 Å². The van der Waals surface area contributed by atoms with Crippen LogP contribution in [0.2, 0.25) is 0 Å². The summed E-state index contributed by atoms with van der Waals surface area (Å²) < 4.78 is 36.1. The molecule has 0 aliphatic carbocycles. The second kappa shape index (κ2) is 3.69. The van der Waals surface area contributed by atoms with Gasteiger partial charge in [-0.15, -0.1) is 0 Å². The largest absolute Gasteiger partial charge is 0.477 e. The molecule has 0 fully saturated rings. The third-order valence-corrected chi connectivity index (χ3v) is 2.13. The minimum atomic E-state index is -4.74. The van der Waals surface area contributed by atoms with Gasteiger partial charge in [0.2, 0.25) is 0 Å². The highest BCUT2D eigenvalue weighted by molar-refractivity contribution is 9.10. The van der Waals surface area contributed by atoms with Crippen LogP contribution in [0.4, 0.5) is 13.2 Å². The molecular weight excluding hydrogens is 283 g/mol. The average Bonchev–Trinajstić information content (AvgIpc) is 2.06. The van der Waals surface area contributed by atoms with Gasteiger partial charge in [-0.3, -0.25) is 4.79 Å². The molecule has 0 amide bonds. The maximum atomic E-state index is 12.2. The number of rotatable bonds is 1. The van der Waals surface area contributed by atoms with E-state index in [1.807, 2.05) is 0 Å². The van der Waals surface area contributed by atoms with E-state index in [1.165, 1.54) is 4.98 Å². The number of carboxylic acid groups (broad SMARTS) is 1. The Hall–Kier alpha value is -1.31. The first-order chi connectivity index (χ1) is 6.73. The van der Waals surface area contributed by atoms with Gasteiger partial charge < -0.3 is 10.1 Å². The van der Waals surface area contributed by atoms with Crippen molar-refractivity contribution in [2.45, 2.75) is 6.18 Å². The van der Waals surface area contributed by atoms with Crippen molar-refractivity contribution in [1.82, 2.24) is 4.98 Å². The molecule has 1 heterocycles. The fraction of sp³-hybridized carbons (Fsp3) is 0.143. The van der Waals surface area contributed by atoms with E-state index in [9.17, 15) is 22.8 Å². The summed E-state index contributed by atoms with van der Waals surface area (Å²) in [5.41, 5.74) is -3.36. The van der Waals surface area contributed by atoms with Crippen LogP contribution in [0, 0.1) is 0 Å². The van der Waals surface area contributed by atoms with Crippen LogP contribution in [0.15, 0.2) is 15.3 Å². The molecular formula is C7H3BrF3NO3. The average molecular weight is 286 g/mol. The first-order valence-corrected chi connectivity index (χ1v) is 4.26. The molecule has 4 nitrogen and oxygen atoms in total. The van der Waals surface area contributed by atoms with E-state index >= 15 is 0 Å². The molecule has 0 radical (unpaired) electrons. The second-order valence-electron chi connectivity index (χ2n) is 2.54. The molecule has 1 rings (SSSR count). The van der Waals surface area contributed by atoms with Crippen LogP contribution in [-0.4, -0.2) is 16.1 Å². The van der Waals surface area contributed by atoms with Crippen LogP contribution in [0.5, 0.6) is 0 Å². The molecule has 0 aromatic carbocycles. The SMILES string of the molecule is O=C(O)c1cc(Br)c(C(F)(F)F)[nH]c1=O. The molecule has 0 spiro atoms. The van der Waals surface area contributed by atoms with Crippen molar-refractivity contribution in [3.8, 4) is 0 Å². The van der Waals surface area contributed by atoms with Gasteiger partial charge in [-0.1, -0.05) is 0 Å². The number of aromatic nitrogens is 1. The molecule has 8 heteroatoms. The fourth-order valence-corrected chi connectivity index (χ4v) is 1.42. The van der Waals surface area contributed by atoms with E-state index in [4.69, 9.17) is 5.11 Å². The highest BCUT2D eigenvalue weighted by atomic mass is 79.9. The van der Waals surface area contributed by atoms with Crippen LogP contribution in [-0.2, 0) is 6.18 Å². The summed E-state index contributed by atoms with van der Waals surface area (Å²) in [5, 5.41) is 8.46. The van der Waals surface area contributed by atoms with Crippen molar-refractivity contribution in [2.75, 3.05) is 0 Å². The zero-order chi connectivity index (χ0) is 11.8. The van der Waals surface area contributed by atoms with E-state index in [2.05, 4.69) is 15.9 Å². The van der Waals surface area contributed by atoms with Crippen molar-refractivity contribution in [1.29, 1.82) is 0 Å². The predicted molar refractivity (Wildman–Crippen MR) is 46.7 cm³/mol. The number of nitrogens with one attached hydrogen (secondary N) is 1. The monoisotopic (exact) mass is 285 g/mol. The lowest BCUT2D eigenvalue weighted by Gasteiger charge is -2.08. The maximum Gasteiger partial charge on any atom is 0.432 e. The van der Waals surface area contributed by atoms with Crippen molar-refractivity contribution >= 4 is 21.9 Å². The van der Waals surface area contributed by atoms with Gasteiger partial charge in [0.25, 0.3) is 5.56 Å². The van der Waals surface area contributed by atoms with Crippen LogP contribution in [0.1, 0.15) is 16.1 Å². The summed E-state index contributed by atoms with van der Waals surface area (Å²) in [4.78, 5) is 22.8. The molecule has 0 atom stereocenters. The molecule has 2 N–H and O–H groups in total. The Balaban J connectivity index is 3.46. The summed E-state index contributed by atoms with van der Waals surface area (Å²) in [6.07, 6.45) is -4.74. The Morgan fingerprint density at radius 3 is 2.40 bits per heavy atom. The third kappa shape index (κ3) is 2.38. The van der Waals surface area contributed by atoms with Crippen molar-refractivity contribution < 1.29 is 23.1 Å². The van der Waals surface area contributed by atoms with Gasteiger partial charge in [0.15, 0.2) is 0 Å². The highest BCUT2D eigenvalue weighted by Gasteiger charge is 2.35. The quantitative estimate of drug-likeness (QED) is 0.827. The number of halogens is 4. The molecule has 0 aliphatic heterocycles. The molecule has 0 saturated carbocycles. The number of carboxylic acids is 1. The normalized spacial score (nSPS) is 11.5. The Bertz CT molecular complexity index is 466. The lowest BCUT2D eigenvalue weighted by atomic mass is 10.2. The van der Waals surface area contributed by atoms with Crippen molar-refractivity contribution in [2.24, 2.45) is 0 Å². The van der Waals surface area contributed by atoms with Gasteiger partial charge >= 0.3 is 12.1 Å². The number of hydrogen-bond donors (Lipinski definition) is 2. The number of pyridine rings is 1. The zero-order valence-electron chi connectivity index (χ0n) is 6.85. The van der Waals surface area contributed by atoms with E-state index in [1.54, 1.807) is 0 Å². The van der Waals surface area contributed by atoms with Crippen LogP contribution >= 0.6 is 15.9 Å². The number of aromatic carboxylic acids is 1. The standard InChI is InChI=1S/C7H3BrF3NO3/c8-3-1-2(6(14)15)5(13)12-4(3)7(9,10)11/h1H,(H,12,13)(H,14,15). The molecule has 82 valence electrons. The predicted octanol–water partition coefficient (Wildman–Crippen LogP) is 1.85. The maximum absolute atomic E-state index is 12.2. The summed E-state index contributed by atoms with van der Waals surface area (Å²) >= 11 is 2.53. The Labute approximate surface area is 88.9 Å². The second-order valence-corrected chi connectivity index (χ2v) is 3.39. The number of carbonyl (C=O) groups is 1. The minimum absolute atomic E-state index is 0.521.